The van der Waals surface area contributed by atoms with E-state index in [1.165, 1.54) is 0 Å². The van der Waals surface area contributed by atoms with E-state index in [0.29, 0.717) is 5.56 Å². The summed E-state index contributed by atoms with van der Waals surface area (Å²) in [6.45, 7) is 9.13. The molecule has 0 atom stereocenters. The molecule has 0 unspecified atom stereocenters. The fourth-order valence-electron chi connectivity index (χ4n) is 3.77. The second-order valence-corrected chi connectivity index (χ2v) is 8.27. The van der Waals surface area contributed by atoms with E-state index < -0.39 is 42.2 Å². The van der Waals surface area contributed by atoms with Gasteiger partial charge in [0.15, 0.2) is 11.4 Å². The van der Waals surface area contributed by atoms with Crippen LogP contribution in [0.2, 0.25) is 0 Å². The van der Waals surface area contributed by atoms with Gasteiger partial charge in [0.05, 0.1) is 5.92 Å². The van der Waals surface area contributed by atoms with Crippen molar-refractivity contribution in [2.45, 2.75) is 71.8 Å². The van der Waals surface area contributed by atoms with E-state index in [4.69, 9.17) is 9.47 Å². The Hall–Kier alpha value is -2.24. The Morgan fingerprint density at radius 2 is 1.61 bits per heavy atom. The van der Waals surface area contributed by atoms with Crippen molar-refractivity contribution in [1.82, 2.24) is 0 Å². The first-order valence-electron chi connectivity index (χ1n) is 9.61. The van der Waals surface area contributed by atoms with E-state index in [0.717, 1.165) is 16.7 Å². The Morgan fingerprint density at radius 3 is 2.18 bits per heavy atom. The molecule has 0 aromatic heterocycles. The van der Waals surface area contributed by atoms with Crippen LogP contribution < -0.4 is 0 Å². The standard InChI is InChI=1S/C22H26F2O4/c1-12(2)19(25)27-18-17(16-11-14(4)13(3)10-15(16)5)20(26)28-21(18)6-8-22(23,24)9-7-21/h10-12H,6-9H2,1-5H3. The van der Waals surface area contributed by atoms with Crippen molar-refractivity contribution in [3.63, 3.8) is 0 Å². The molecule has 152 valence electrons. The zero-order valence-corrected chi connectivity index (χ0v) is 16.9. The van der Waals surface area contributed by atoms with Crippen LogP contribution in [0, 0.1) is 26.7 Å². The van der Waals surface area contributed by atoms with Crippen LogP contribution >= 0.6 is 0 Å². The zero-order chi connectivity index (χ0) is 20.9. The van der Waals surface area contributed by atoms with Crippen molar-refractivity contribution in [1.29, 1.82) is 0 Å². The molecule has 1 heterocycles. The Kier molecular flexibility index (Phi) is 5.11. The van der Waals surface area contributed by atoms with Crippen LogP contribution in [0.3, 0.4) is 0 Å². The minimum Gasteiger partial charge on any atom is -0.447 e. The van der Waals surface area contributed by atoms with Gasteiger partial charge in [0, 0.05) is 25.7 Å². The van der Waals surface area contributed by atoms with E-state index in [-0.39, 0.29) is 24.2 Å². The SMILES string of the molecule is Cc1cc(C)c(C2=C(OC(=O)C(C)C)C3(CCC(F)(F)CC3)OC2=O)cc1C. The maximum absolute atomic E-state index is 13.8. The Morgan fingerprint density at radius 1 is 1.04 bits per heavy atom. The van der Waals surface area contributed by atoms with Gasteiger partial charge in [-0.3, -0.25) is 4.79 Å². The number of esters is 2. The number of hydrogen-bond acceptors (Lipinski definition) is 4. The van der Waals surface area contributed by atoms with Gasteiger partial charge in [0.2, 0.25) is 5.92 Å². The topological polar surface area (TPSA) is 52.6 Å². The minimum absolute atomic E-state index is 0.0696. The second kappa shape index (κ2) is 6.98. The Bertz CT molecular complexity index is 858. The van der Waals surface area contributed by atoms with Gasteiger partial charge in [-0.1, -0.05) is 26.0 Å². The molecule has 4 nitrogen and oxygen atoms in total. The molecule has 1 fully saturated rings. The number of alkyl halides is 2. The van der Waals surface area contributed by atoms with Crippen LogP contribution in [-0.2, 0) is 19.1 Å². The third-order valence-electron chi connectivity index (χ3n) is 5.71. The smallest absolute Gasteiger partial charge is 0.343 e. The number of rotatable bonds is 3. The molecule has 3 rings (SSSR count). The monoisotopic (exact) mass is 392 g/mol. The Labute approximate surface area is 163 Å². The quantitative estimate of drug-likeness (QED) is 0.677. The van der Waals surface area contributed by atoms with Crippen LogP contribution in [0.4, 0.5) is 8.78 Å². The molecule has 6 heteroatoms. The average Bonchev–Trinajstić information content (AvgIpc) is 2.86. The molecule has 1 aliphatic carbocycles. The molecule has 1 aromatic rings. The van der Waals surface area contributed by atoms with Gasteiger partial charge in [-0.05, 0) is 43.0 Å². The molecular weight excluding hydrogens is 366 g/mol. The summed E-state index contributed by atoms with van der Waals surface area (Å²) in [6, 6.07) is 3.81. The van der Waals surface area contributed by atoms with Crippen LogP contribution in [0.1, 0.15) is 61.8 Å². The van der Waals surface area contributed by atoms with Crippen molar-refractivity contribution in [3.05, 3.63) is 40.1 Å². The van der Waals surface area contributed by atoms with Gasteiger partial charge in [0.1, 0.15) is 5.57 Å². The van der Waals surface area contributed by atoms with Gasteiger partial charge in [0.25, 0.3) is 0 Å². The van der Waals surface area contributed by atoms with E-state index in [1.54, 1.807) is 13.8 Å². The van der Waals surface area contributed by atoms with E-state index in [9.17, 15) is 18.4 Å². The number of halogens is 2. The molecule has 0 N–H and O–H groups in total. The molecule has 1 aliphatic heterocycles. The minimum atomic E-state index is -2.80. The molecule has 2 aliphatic rings. The zero-order valence-electron chi connectivity index (χ0n) is 16.9. The highest BCUT2D eigenvalue weighted by atomic mass is 19.3. The molecule has 0 radical (unpaired) electrons. The largest absolute Gasteiger partial charge is 0.447 e. The van der Waals surface area contributed by atoms with Crippen LogP contribution in [0.15, 0.2) is 17.9 Å². The van der Waals surface area contributed by atoms with Gasteiger partial charge in [-0.2, -0.15) is 0 Å². The van der Waals surface area contributed by atoms with Crippen molar-refractivity contribution in [2.24, 2.45) is 5.92 Å². The lowest BCUT2D eigenvalue weighted by Gasteiger charge is -2.36. The van der Waals surface area contributed by atoms with Crippen molar-refractivity contribution < 1.29 is 27.8 Å². The summed E-state index contributed by atoms with van der Waals surface area (Å²) in [5.41, 5.74) is 2.39. The van der Waals surface area contributed by atoms with Crippen LogP contribution in [0.25, 0.3) is 5.57 Å². The van der Waals surface area contributed by atoms with Crippen LogP contribution in [-0.4, -0.2) is 23.5 Å². The maximum atomic E-state index is 13.8. The first-order valence-corrected chi connectivity index (χ1v) is 9.61. The van der Waals surface area contributed by atoms with Crippen molar-refractivity contribution in [2.75, 3.05) is 0 Å². The van der Waals surface area contributed by atoms with Gasteiger partial charge in [-0.25, -0.2) is 13.6 Å². The van der Waals surface area contributed by atoms with Crippen LogP contribution in [0.5, 0.6) is 0 Å². The predicted octanol–water partition coefficient (Wildman–Crippen LogP) is 5.03. The number of hydrogen-bond donors (Lipinski definition) is 0. The van der Waals surface area contributed by atoms with Gasteiger partial charge < -0.3 is 9.47 Å². The third-order valence-corrected chi connectivity index (χ3v) is 5.71. The lowest BCUT2D eigenvalue weighted by molar-refractivity contribution is -0.164. The highest BCUT2D eigenvalue weighted by molar-refractivity contribution is 6.20. The summed E-state index contributed by atoms with van der Waals surface area (Å²) in [4.78, 5) is 25.2. The summed E-state index contributed by atoms with van der Waals surface area (Å²) in [7, 11) is 0. The van der Waals surface area contributed by atoms with Crippen molar-refractivity contribution >= 4 is 17.5 Å². The summed E-state index contributed by atoms with van der Waals surface area (Å²) in [5.74, 6) is -4.26. The summed E-state index contributed by atoms with van der Waals surface area (Å²) in [5, 5.41) is 0. The number of carbonyl (C=O) groups excluding carboxylic acids is 2. The highest BCUT2D eigenvalue weighted by Gasteiger charge is 2.55. The molecule has 0 bridgehead atoms. The molecule has 0 amide bonds. The van der Waals surface area contributed by atoms with Gasteiger partial charge >= 0.3 is 11.9 Å². The molecule has 1 saturated carbocycles. The number of aryl methyl sites for hydroxylation is 3. The molecule has 1 aromatic carbocycles. The summed E-state index contributed by atoms with van der Waals surface area (Å²) >= 11 is 0. The fraction of sp³-hybridized carbons (Fsp3) is 0.545. The molecular formula is C22H26F2O4. The molecule has 0 saturated heterocycles. The van der Waals surface area contributed by atoms with E-state index in [1.807, 2.05) is 32.9 Å². The second-order valence-electron chi connectivity index (χ2n) is 8.27. The molecule has 1 spiro atoms. The lowest BCUT2D eigenvalue weighted by Crippen LogP contribution is -2.42. The first kappa shape index (κ1) is 20.5. The first-order chi connectivity index (χ1) is 13.0. The maximum Gasteiger partial charge on any atom is 0.343 e. The summed E-state index contributed by atoms with van der Waals surface area (Å²) in [6.07, 6.45) is -0.968. The highest BCUT2D eigenvalue weighted by Crippen LogP contribution is 2.51. The third kappa shape index (κ3) is 3.56. The normalized spacial score (nSPS) is 20.6. The number of carbonyl (C=O) groups is 2. The van der Waals surface area contributed by atoms with Crippen molar-refractivity contribution in [3.8, 4) is 0 Å². The lowest BCUT2D eigenvalue weighted by atomic mass is 9.80. The van der Waals surface area contributed by atoms with Gasteiger partial charge in [-0.15, -0.1) is 0 Å². The van der Waals surface area contributed by atoms with E-state index >= 15 is 0 Å². The Balaban J connectivity index is 2.16. The number of benzene rings is 1. The average molecular weight is 392 g/mol. The fourth-order valence-corrected chi connectivity index (χ4v) is 3.77. The number of ether oxygens (including phenoxy) is 2. The predicted molar refractivity (Wildman–Crippen MR) is 101 cm³/mol. The van der Waals surface area contributed by atoms with E-state index in [2.05, 4.69) is 0 Å². The molecule has 28 heavy (non-hydrogen) atoms. The summed E-state index contributed by atoms with van der Waals surface area (Å²) < 4.78 is 38.8.